The van der Waals surface area contributed by atoms with Crippen molar-refractivity contribution in [3.05, 3.63) is 66.1 Å². The first-order valence-electron chi connectivity index (χ1n) is 11.4. The monoisotopic (exact) mass is 466 g/mol. The highest BCUT2D eigenvalue weighted by Crippen LogP contribution is 2.21. The van der Waals surface area contributed by atoms with Crippen molar-refractivity contribution >= 4 is 17.7 Å². The van der Waals surface area contributed by atoms with E-state index in [1.807, 2.05) is 42.5 Å². The highest BCUT2D eigenvalue weighted by Gasteiger charge is 2.20. The quantitative estimate of drug-likeness (QED) is 0.423. The van der Waals surface area contributed by atoms with E-state index in [1.54, 1.807) is 23.9 Å². The average Bonchev–Trinajstić information content (AvgIpc) is 3.49. The Morgan fingerprint density at radius 2 is 2.00 bits per heavy atom. The molecule has 1 aromatic heterocycles. The van der Waals surface area contributed by atoms with Crippen LogP contribution in [0.25, 0.3) is 11.5 Å². The van der Waals surface area contributed by atoms with Gasteiger partial charge in [0.1, 0.15) is 5.75 Å². The minimum absolute atomic E-state index is 0.0532. The SMILES string of the molecule is CN1CCCC1CCNC(=O)c1ccc(-c2nnc(CSCCOc3ccccc3)o2)cc1. The van der Waals surface area contributed by atoms with Gasteiger partial charge in [-0.1, -0.05) is 18.2 Å². The molecule has 0 radical (unpaired) electrons. The maximum Gasteiger partial charge on any atom is 0.251 e. The Morgan fingerprint density at radius 1 is 1.18 bits per heavy atom. The number of hydrogen-bond acceptors (Lipinski definition) is 7. The van der Waals surface area contributed by atoms with Gasteiger partial charge in [-0.05, 0) is 69.3 Å². The summed E-state index contributed by atoms with van der Waals surface area (Å²) in [4.78, 5) is 14.8. The van der Waals surface area contributed by atoms with Crippen LogP contribution in [0.15, 0.2) is 59.0 Å². The zero-order valence-corrected chi connectivity index (χ0v) is 19.7. The van der Waals surface area contributed by atoms with Gasteiger partial charge in [-0.25, -0.2) is 0 Å². The lowest BCUT2D eigenvalue weighted by atomic mass is 10.1. The summed E-state index contributed by atoms with van der Waals surface area (Å²) in [6, 6.07) is 17.6. The van der Waals surface area contributed by atoms with Gasteiger partial charge in [-0.2, -0.15) is 0 Å². The predicted octanol–water partition coefficient (Wildman–Crippen LogP) is 4.26. The van der Waals surface area contributed by atoms with Crippen LogP contribution in [-0.4, -0.2) is 59.5 Å². The topological polar surface area (TPSA) is 80.5 Å². The van der Waals surface area contributed by atoms with Crippen LogP contribution in [0.3, 0.4) is 0 Å². The minimum Gasteiger partial charge on any atom is -0.493 e. The van der Waals surface area contributed by atoms with Gasteiger partial charge in [0, 0.05) is 29.5 Å². The van der Waals surface area contributed by atoms with Gasteiger partial charge < -0.3 is 19.4 Å². The second-order valence-electron chi connectivity index (χ2n) is 8.11. The number of ether oxygens (including phenoxy) is 1. The van der Waals surface area contributed by atoms with Crippen molar-refractivity contribution in [2.24, 2.45) is 0 Å². The number of rotatable bonds is 11. The van der Waals surface area contributed by atoms with E-state index in [2.05, 4.69) is 27.5 Å². The predicted molar refractivity (Wildman–Crippen MR) is 130 cm³/mol. The average molecular weight is 467 g/mol. The van der Waals surface area contributed by atoms with E-state index in [0.717, 1.165) is 30.0 Å². The van der Waals surface area contributed by atoms with E-state index in [0.29, 0.717) is 42.3 Å². The Morgan fingerprint density at radius 3 is 2.76 bits per heavy atom. The van der Waals surface area contributed by atoms with Gasteiger partial charge in [-0.3, -0.25) is 4.79 Å². The third kappa shape index (κ3) is 6.82. The molecule has 0 spiro atoms. The lowest BCUT2D eigenvalue weighted by Crippen LogP contribution is -2.31. The number of para-hydroxylation sites is 1. The van der Waals surface area contributed by atoms with Gasteiger partial charge in [0.05, 0.1) is 12.4 Å². The standard InChI is InChI=1S/C25H30N4O3S/c1-29-15-5-6-21(29)13-14-26-24(30)19-9-11-20(12-10-19)25-28-27-23(32-25)18-33-17-16-31-22-7-3-2-4-8-22/h2-4,7-12,21H,5-6,13-18H2,1H3,(H,26,30). The number of thioether (sulfide) groups is 1. The zero-order chi connectivity index (χ0) is 22.9. The number of nitrogens with one attached hydrogen (secondary N) is 1. The van der Waals surface area contributed by atoms with Crippen molar-refractivity contribution in [3.8, 4) is 17.2 Å². The molecular formula is C25H30N4O3S. The number of carbonyl (C=O) groups excluding carboxylic acids is 1. The molecule has 1 atom stereocenters. The van der Waals surface area contributed by atoms with Crippen LogP contribution in [0.4, 0.5) is 0 Å². The van der Waals surface area contributed by atoms with Crippen LogP contribution in [0.1, 0.15) is 35.5 Å². The molecule has 1 N–H and O–H groups in total. The molecule has 3 aromatic rings. The molecule has 1 aliphatic rings. The summed E-state index contributed by atoms with van der Waals surface area (Å²) >= 11 is 1.68. The van der Waals surface area contributed by atoms with Gasteiger partial charge in [0.25, 0.3) is 5.91 Å². The molecule has 0 saturated carbocycles. The van der Waals surface area contributed by atoms with E-state index >= 15 is 0 Å². The maximum atomic E-state index is 12.4. The van der Waals surface area contributed by atoms with E-state index < -0.39 is 0 Å². The van der Waals surface area contributed by atoms with Gasteiger partial charge in [0.2, 0.25) is 11.8 Å². The Kier molecular flexibility index (Phi) is 8.38. The first kappa shape index (κ1) is 23.3. The molecule has 0 bridgehead atoms. The molecule has 2 aromatic carbocycles. The molecule has 0 aliphatic carbocycles. The summed E-state index contributed by atoms with van der Waals surface area (Å²) in [5.74, 6) is 3.31. The van der Waals surface area contributed by atoms with Crippen LogP contribution >= 0.6 is 11.8 Å². The molecule has 33 heavy (non-hydrogen) atoms. The second kappa shape index (κ2) is 11.9. The highest BCUT2D eigenvalue weighted by molar-refractivity contribution is 7.98. The number of aromatic nitrogens is 2. The van der Waals surface area contributed by atoms with Crippen LogP contribution in [0.2, 0.25) is 0 Å². The fraction of sp³-hybridized carbons (Fsp3) is 0.400. The van der Waals surface area contributed by atoms with Crippen molar-refractivity contribution in [2.75, 3.05) is 32.5 Å². The molecule has 1 saturated heterocycles. The van der Waals surface area contributed by atoms with Crippen LogP contribution in [0, 0.1) is 0 Å². The number of amides is 1. The normalized spacial score (nSPS) is 16.1. The van der Waals surface area contributed by atoms with E-state index in [1.165, 1.54) is 12.8 Å². The molecule has 1 aliphatic heterocycles. The highest BCUT2D eigenvalue weighted by atomic mass is 32.2. The summed E-state index contributed by atoms with van der Waals surface area (Å²) in [7, 11) is 2.15. The third-order valence-corrected chi connectivity index (χ3v) is 6.67. The third-order valence-electron chi connectivity index (χ3n) is 5.76. The van der Waals surface area contributed by atoms with Gasteiger partial charge >= 0.3 is 0 Å². The summed E-state index contributed by atoms with van der Waals surface area (Å²) in [5.41, 5.74) is 1.43. The number of benzene rings is 2. The summed E-state index contributed by atoms with van der Waals surface area (Å²) < 4.78 is 11.5. The van der Waals surface area contributed by atoms with Crippen LogP contribution < -0.4 is 10.1 Å². The van der Waals surface area contributed by atoms with Gasteiger partial charge in [0.15, 0.2) is 0 Å². The molecular weight excluding hydrogens is 436 g/mol. The zero-order valence-electron chi connectivity index (χ0n) is 18.9. The van der Waals surface area contributed by atoms with Crippen LogP contribution in [0.5, 0.6) is 5.75 Å². The molecule has 4 rings (SSSR count). The maximum absolute atomic E-state index is 12.4. The Hall–Kier alpha value is -2.84. The fourth-order valence-corrected chi connectivity index (χ4v) is 4.52. The molecule has 174 valence electrons. The van der Waals surface area contributed by atoms with E-state index in [4.69, 9.17) is 9.15 Å². The lowest BCUT2D eigenvalue weighted by molar-refractivity contribution is 0.0950. The Balaban J connectivity index is 1.19. The van der Waals surface area contributed by atoms with Crippen molar-refractivity contribution in [1.29, 1.82) is 0 Å². The van der Waals surface area contributed by atoms with Crippen molar-refractivity contribution in [1.82, 2.24) is 20.4 Å². The van der Waals surface area contributed by atoms with Crippen molar-refractivity contribution in [3.63, 3.8) is 0 Å². The van der Waals surface area contributed by atoms with Crippen molar-refractivity contribution < 1.29 is 13.9 Å². The number of likely N-dealkylation sites (tertiary alicyclic amines) is 1. The van der Waals surface area contributed by atoms with Gasteiger partial charge in [-0.15, -0.1) is 22.0 Å². The first-order chi connectivity index (χ1) is 16.2. The Bertz CT molecular complexity index is 1010. The van der Waals surface area contributed by atoms with E-state index in [-0.39, 0.29) is 5.91 Å². The molecule has 8 heteroatoms. The van der Waals surface area contributed by atoms with Crippen LogP contribution in [-0.2, 0) is 5.75 Å². The fourth-order valence-electron chi connectivity index (χ4n) is 3.89. The number of nitrogens with zero attached hydrogens (tertiary/aromatic N) is 3. The molecule has 2 heterocycles. The van der Waals surface area contributed by atoms with Crippen molar-refractivity contribution in [2.45, 2.75) is 31.1 Å². The second-order valence-corrected chi connectivity index (χ2v) is 9.22. The summed E-state index contributed by atoms with van der Waals surface area (Å²) in [6.07, 6.45) is 3.45. The number of carbonyl (C=O) groups is 1. The summed E-state index contributed by atoms with van der Waals surface area (Å²) in [5, 5.41) is 11.3. The molecule has 1 unspecified atom stereocenters. The minimum atomic E-state index is -0.0532. The smallest absolute Gasteiger partial charge is 0.251 e. The Labute approximate surface area is 198 Å². The first-order valence-corrected chi connectivity index (χ1v) is 12.5. The molecule has 7 nitrogen and oxygen atoms in total. The lowest BCUT2D eigenvalue weighted by Gasteiger charge is -2.19. The van der Waals surface area contributed by atoms with E-state index in [9.17, 15) is 4.79 Å². The summed E-state index contributed by atoms with van der Waals surface area (Å²) in [6.45, 7) is 2.46. The molecule has 1 amide bonds. The largest absolute Gasteiger partial charge is 0.493 e. The number of hydrogen-bond donors (Lipinski definition) is 1. The molecule has 1 fully saturated rings.